The van der Waals surface area contributed by atoms with Crippen LogP contribution in [0.15, 0.2) is 42.7 Å². The maximum absolute atomic E-state index is 10.1. The molecule has 0 radical (unpaired) electrons. The number of anilines is 3. The molecular formula is C26H31N7O3. The first-order valence-electron chi connectivity index (χ1n) is 12.0. The lowest BCUT2D eigenvalue weighted by molar-refractivity contribution is 0.0286. The van der Waals surface area contributed by atoms with Gasteiger partial charge in [-0.2, -0.15) is 10.1 Å². The van der Waals surface area contributed by atoms with E-state index in [-0.39, 0.29) is 6.61 Å². The summed E-state index contributed by atoms with van der Waals surface area (Å²) in [6.45, 7) is 10.4. The number of rotatable bonds is 7. The SMILES string of the molecule is Cc1cc(-c2ccn3nc(Nc4cc(C)nc(N5CCOCC5)n4)cc3c2)c(OCC(C)(C)O)cn1. The average molecular weight is 490 g/mol. The molecule has 36 heavy (non-hydrogen) atoms. The molecule has 188 valence electrons. The molecule has 1 aliphatic heterocycles. The number of hydrogen-bond acceptors (Lipinski definition) is 9. The summed E-state index contributed by atoms with van der Waals surface area (Å²) in [6, 6.07) is 9.90. The Labute approximate surface area is 209 Å². The molecule has 4 aromatic heterocycles. The smallest absolute Gasteiger partial charge is 0.227 e. The van der Waals surface area contributed by atoms with Crippen LogP contribution in [0.5, 0.6) is 5.75 Å². The first-order valence-corrected chi connectivity index (χ1v) is 12.0. The van der Waals surface area contributed by atoms with Crippen LogP contribution in [0.4, 0.5) is 17.6 Å². The number of nitrogens with zero attached hydrogens (tertiary/aromatic N) is 6. The maximum atomic E-state index is 10.1. The lowest BCUT2D eigenvalue weighted by Gasteiger charge is -2.27. The van der Waals surface area contributed by atoms with E-state index < -0.39 is 5.60 Å². The summed E-state index contributed by atoms with van der Waals surface area (Å²) in [5.74, 6) is 2.69. The van der Waals surface area contributed by atoms with Gasteiger partial charge in [0, 0.05) is 48.4 Å². The van der Waals surface area contributed by atoms with Crippen LogP contribution in [0.1, 0.15) is 25.2 Å². The number of aromatic nitrogens is 5. The molecule has 1 fully saturated rings. The zero-order valence-electron chi connectivity index (χ0n) is 21.0. The summed E-state index contributed by atoms with van der Waals surface area (Å²) in [6.07, 6.45) is 3.61. The number of pyridine rings is 2. The van der Waals surface area contributed by atoms with Gasteiger partial charge in [0.2, 0.25) is 5.95 Å². The third-order valence-corrected chi connectivity index (χ3v) is 5.75. The van der Waals surface area contributed by atoms with Crippen LogP contribution in [0.25, 0.3) is 16.6 Å². The number of aryl methyl sites for hydroxylation is 2. The van der Waals surface area contributed by atoms with Crippen molar-refractivity contribution >= 4 is 23.1 Å². The lowest BCUT2D eigenvalue weighted by atomic mass is 10.1. The summed E-state index contributed by atoms with van der Waals surface area (Å²) >= 11 is 0. The molecule has 0 saturated carbocycles. The Kier molecular flexibility index (Phi) is 6.46. The minimum atomic E-state index is -0.945. The summed E-state index contributed by atoms with van der Waals surface area (Å²) in [5.41, 5.74) is 3.61. The van der Waals surface area contributed by atoms with E-state index in [0.29, 0.717) is 36.5 Å². The molecule has 2 N–H and O–H groups in total. The van der Waals surface area contributed by atoms with Gasteiger partial charge >= 0.3 is 0 Å². The Morgan fingerprint density at radius 1 is 1.06 bits per heavy atom. The molecule has 1 saturated heterocycles. The second-order valence-corrected chi connectivity index (χ2v) is 9.66. The van der Waals surface area contributed by atoms with Gasteiger partial charge in [-0.3, -0.25) is 4.98 Å². The fraction of sp³-hybridized carbons (Fsp3) is 0.385. The fourth-order valence-corrected chi connectivity index (χ4v) is 4.02. The van der Waals surface area contributed by atoms with Crippen molar-refractivity contribution in [2.24, 2.45) is 0 Å². The highest BCUT2D eigenvalue weighted by molar-refractivity contribution is 5.75. The molecule has 5 heterocycles. The highest BCUT2D eigenvalue weighted by atomic mass is 16.5. The molecular weight excluding hydrogens is 458 g/mol. The van der Waals surface area contributed by atoms with Gasteiger partial charge in [-0.15, -0.1) is 0 Å². The van der Waals surface area contributed by atoms with Crippen molar-refractivity contribution in [1.29, 1.82) is 0 Å². The minimum Gasteiger partial charge on any atom is -0.488 e. The molecule has 4 aromatic rings. The van der Waals surface area contributed by atoms with E-state index in [0.717, 1.165) is 41.1 Å². The Morgan fingerprint density at radius 2 is 1.86 bits per heavy atom. The Morgan fingerprint density at radius 3 is 2.64 bits per heavy atom. The molecule has 0 spiro atoms. The van der Waals surface area contributed by atoms with E-state index in [2.05, 4.69) is 25.3 Å². The van der Waals surface area contributed by atoms with Crippen molar-refractivity contribution in [3.8, 4) is 16.9 Å². The monoisotopic (exact) mass is 489 g/mol. The number of ether oxygens (including phenoxy) is 2. The zero-order valence-corrected chi connectivity index (χ0v) is 21.0. The van der Waals surface area contributed by atoms with Crippen molar-refractivity contribution < 1.29 is 14.6 Å². The van der Waals surface area contributed by atoms with Gasteiger partial charge in [-0.1, -0.05) is 0 Å². The van der Waals surface area contributed by atoms with E-state index in [4.69, 9.17) is 14.5 Å². The van der Waals surface area contributed by atoms with Crippen molar-refractivity contribution in [3.63, 3.8) is 0 Å². The van der Waals surface area contributed by atoms with Gasteiger partial charge in [0.05, 0.1) is 30.5 Å². The molecule has 10 nitrogen and oxygen atoms in total. The third-order valence-electron chi connectivity index (χ3n) is 5.75. The minimum absolute atomic E-state index is 0.165. The topological polar surface area (TPSA) is 110 Å². The summed E-state index contributed by atoms with van der Waals surface area (Å²) in [5, 5.41) is 18.1. The first kappa shape index (κ1) is 24.0. The van der Waals surface area contributed by atoms with Crippen molar-refractivity contribution in [3.05, 3.63) is 54.1 Å². The van der Waals surface area contributed by atoms with Gasteiger partial charge < -0.3 is 24.8 Å². The lowest BCUT2D eigenvalue weighted by Crippen LogP contribution is -2.37. The second kappa shape index (κ2) is 9.71. The number of nitrogens with one attached hydrogen (secondary N) is 1. The highest BCUT2D eigenvalue weighted by Gasteiger charge is 2.17. The summed E-state index contributed by atoms with van der Waals surface area (Å²) < 4.78 is 13.2. The quantitative estimate of drug-likeness (QED) is 0.403. The van der Waals surface area contributed by atoms with Crippen molar-refractivity contribution in [2.75, 3.05) is 43.1 Å². The number of hydrogen-bond donors (Lipinski definition) is 2. The molecule has 0 atom stereocenters. The van der Waals surface area contributed by atoms with Gasteiger partial charge in [-0.25, -0.2) is 9.50 Å². The Bertz CT molecular complexity index is 1370. The van der Waals surface area contributed by atoms with Crippen LogP contribution >= 0.6 is 0 Å². The number of aliphatic hydroxyl groups is 1. The van der Waals surface area contributed by atoms with Gasteiger partial charge in [-0.05, 0) is 51.5 Å². The molecule has 0 unspecified atom stereocenters. The predicted octanol–water partition coefficient (Wildman–Crippen LogP) is 3.53. The van der Waals surface area contributed by atoms with Gasteiger partial charge in [0.25, 0.3) is 0 Å². The van der Waals surface area contributed by atoms with Crippen LogP contribution < -0.4 is 15.0 Å². The normalized spacial score (nSPS) is 14.3. The van der Waals surface area contributed by atoms with Crippen LogP contribution in [0, 0.1) is 13.8 Å². The largest absolute Gasteiger partial charge is 0.488 e. The predicted molar refractivity (Wildman–Crippen MR) is 138 cm³/mol. The number of morpholine rings is 1. The third kappa shape index (κ3) is 5.55. The van der Waals surface area contributed by atoms with Crippen LogP contribution in [0.3, 0.4) is 0 Å². The summed E-state index contributed by atoms with van der Waals surface area (Å²) in [4.78, 5) is 15.8. The molecule has 0 bridgehead atoms. The molecule has 10 heteroatoms. The highest BCUT2D eigenvalue weighted by Crippen LogP contribution is 2.32. The van der Waals surface area contributed by atoms with E-state index in [1.165, 1.54) is 0 Å². The average Bonchev–Trinajstić information content (AvgIpc) is 3.24. The van der Waals surface area contributed by atoms with Gasteiger partial charge in [0.1, 0.15) is 18.2 Å². The fourth-order valence-electron chi connectivity index (χ4n) is 4.02. The maximum Gasteiger partial charge on any atom is 0.227 e. The van der Waals surface area contributed by atoms with E-state index in [9.17, 15) is 5.11 Å². The van der Waals surface area contributed by atoms with Crippen LogP contribution in [-0.2, 0) is 4.74 Å². The standard InChI is InChI=1S/C26H31N7O3/c1-17-11-21(22(15-27-17)36-16-26(3,4)34)19-5-6-33-20(13-19)14-24(31-33)29-23-12-18(2)28-25(30-23)32-7-9-35-10-8-32/h5-6,11-15,34H,7-10,16H2,1-4H3,(H,28,29,30,31). The molecule has 0 aromatic carbocycles. The molecule has 1 aliphatic rings. The molecule has 5 rings (SSSR count). The number of fused-ring (bicyclic) bond motifs is 1. The second-order valence-electron chi connectivity index (χ2n) is 9.66. The van der Waals surface area contributed by atoms with Crippen molar-refractivity contribution in [1.82, 2.24) is 24.6 Å². The Balaban J connectivity index is 1.41. The van der Waals surface area contributed by atoms with Crippen molar-refractivity contribution in [2.45, 2.75) is 33.3 Å². The van der Waals surface area contributed by atoms with E-state index in [1.807, 2.05) is 54.9 Å². The zero-order chi connectivity index (χ0) is 25.3. The van der Waals surface area contributed by atoms with Gasteiger partial charge in [0.15, 0.2) is 5.82 Å². The molecule has 0 amide bonds. The van der Waals surface area contributed by atoms with E-state index in [1.54, 1.807) is 20.0 Å². The summed E-state index contributed by atoms with van der Waals surface area (Å²) in [7, 11) is 0. The molecule has 0 aliphatic carbocycles. The van der Waals surface area contributed by atoms with Crippen LogP contribution in [0.2, 0.25) is 0 Å². The van der Waals surface area contributed by atoms with E-state index >= 15 is 0 Å². The first-order chi connectivity index (χ1) is 17.2. The Hall–Kier alpha value is -3.76. The van der Waals surface area contributed by atoms with Crippen LogP contribution in [-0.4, -0.2) is 68.2 Å².